The number of hydrogen-bond donors (Lipinski definition) is 2. The van der Waals surface area contributed by atoms with Crippen molar-refractivity contribution in [2.75, 3.05) is 0 Å². The highest BCUT2D eigenvalue weighted by molar-refractivity contribution is 6.02. The number of pyridine rings is 1. The lowest BCUT2D eigenvalue weighted by Crippen LogP contribution is -2.13. The van der Waals surface area contributed by atoms with Crippen molar-refractivity contribution in [3.63, 3.8) is 0 Å². The van der Waals surface area contributed by atoms with Crippen LogP contribution in [0.15, 0.2) is 78.1 Å². The van der Waals surface area contributed by atoms with Gasteiger partial charge in [0, 0.05) is 31.8 Å². The molecule has 3 N–H and O–H groups in total. The lowest BCUT2D eigenvalue weighted by atomic mass is 10.00. The van der Waals surface area contributed by atoms with Crippen molar-refractivity contribution in [3.05, 3.63) is 95.5 Å². The summed E-state index contributed by atoms with van der Waals surface area (Å²) >= 11 is 0. The molecule has 1 aromatic heterocycles. The molecule has 0 aliphatic heterocycles. The third-order valence-electron chi connectivity index (χ3n) is 5.30. The number of aromatic nitrogens is 1. The van der Waals surface area contributed by atoms with E-state index in [9.17, 15) is 4.79 Å². The highest BCUT2D eigenvalue weighted by Crippen LogP contribution is 2.28. The SMILES string of the molecule is CCc1cccc(-c2cnc(C(=O)C(C)C)c(N=C(N)/C=C\NCc3cccc(C)c3)c2)c1.[HH]. The van der Waals surface area contributed by atoms with Gasteiger partial charge in [-0.3, -0.25) is 9.78 Å². The monoisotopic (exact) mass is 442 g/mol. The first kappa shape index (κ1) is 23.9. The Balaban J connectivity index is 0.00000408. The second-order valence-electron chi connectivity index (χ2n) is 8.40. The van der Waals surface area contributed by atoms with Gasteiger partial charge in [0.05, 0.1) is 5.69 Å². The molecule has 2 aromatic carbocycles. The topological polar surface area (TPSA) is 80.4 Å². The van der Waals surface area contributed by atoms with E-state index < -0.39 is 0 Å². The maximum Gasteiger partial charge on any atom is 0.185 e. The summed E-state index contributed by atoms with van der Waals surface area (Å²) in [5.41, 5.74) is 12.6. The number of benzene rings is 2. The summed E-state index contributed by atoms with van der Waals surface area (Å²) in [6.45, 7) is 8.59. The van der Waals surface area contributed by atoms with Crippen molar-refractivity contribution in [2.24, 2.45) is 16.6 Å². The minimum atomic E-state index is -0.187. The van der Waals surface area contributed by atoms with Crippen molar-refractivity contribution in [3.8, 4) is 11.1 Å². The number of aryl methyl sites for hydroxylation is 2. The Labute approximate surface area is 198 Å². The number of ketones is 1. The summed E-state index contributed by atoms with van der Waals surface area (Å²) < 4.78 is 0. The Morgan fingerprint density at radius 1 is 1.12 bits per heavy atom. The standard InChI is InChI=1S/C28H32N4O.H2/c1-5-21-9-7-11-23(15-21)24-16-25(27(31-18-24)28(33)19(2)3)32-26(29)12-13-30-17-22-10-6-8-20(4)14-22;/h6-16,18-19,30H,5,17H2,1-4H3,(H2,29,32);1H/b13-12-;. The molecule has 33 heavy (non-hydrogen) atoms. The average Bonchev–Trinajstić information content (AvgIpc) is 2.81. The molecule has 3 aromatic rings. The Bertz CT molecular complexity index is 1180. The van der Waals surface area contributed by atoms with Gasteiger partial charge in [-0.05, 0) is 42.2 Å². The predicted octanol–water partition coefficient (Wildman–Crippen LogP) is 6.00. The van der Waals surface area contributed by atoms with Gasteiger partial charge in [0.15, 0.2) is 5.78 Å². The van der Waals surface area contributed by atoms with Crippen LogP contribution in [0, 0.1) is 12.8 Å². The van der Waals surface area contributed by atoms with Gasteiger partial charge in [-0.25, -0.2) is 4.99 Å². The zero-order chi connectivity index (χ0) is 23.8. The van der Waals surface area contributed by atoms with Crippen LogP contribution in [0.3, 0.4) is 0 Å². The molecular formula is C28H34N4O. The highest BCUT2D eigenvalue weighted by Gasteiger charge is 2.17. The fraction of sp³-hybridized carbons (Fsp3) is 0.250. The summed E-state index contributed by atoms with van der Waals surface area (Å²) in [6.07, 6.45) is 6.15. The molecule has 3 rings (SSSR count). The number of rotatable bonds is 9. The lowest BCUT2D eigenvalue weighted by Gasteiger charge is -2.10. The van der Waals surface area contributed by atoms with E-state index in [-0.39, 0.29) is 13.1 Å². The van der Waals surface area contributed by atoms with Crippen LogP contribution in [0.4, 0.5) is 5.69 Å². The van der Waals surface area contributed by atoms with E-state index >= 15 is 0 Å². The number of aliphatic imine (C=N–C) groups is 1. The van der Waals surface area contributed by atoms with Gasteiger partial charge >= 0.3 is 0 Å². The van der Waals surface area contributed by atoms with Crippen LogP contribution < -0.4 is 11.1 Å². The van der Waals surface area contributed by atoms with E-state index in [1.54, 1.807) is 18.5 Å². The lowest BCUT2D eigenvalue weighted by molar-refractivity contribution is 0.0935. The minimum absolute atomic E-state index is 0. The summed E-state index contributed by atoms with van der Waals surface area (Å²) in [7, 11) is 0. The summed E-state index contributed by atoms with van der Waals surface area (Å²) in [6, 6.07) is 18.5. The third-order valence-corrected chi connectivity index (χ3v) is 5.30. The number of carbonyl (C=O) groups excluding carboxylic acids is 1. The van der Waals surface area contributed by atoms with Crippen molar-refractivity contribution < 1.29 is 6.22 Å². The number of carbonyl (C=O) groups is 1. The summed E-state index contributed by atoms with van der Waals surface area (Å²) in [4.78, 5) is 21.7. The molecule has 0 unspecified atom stereocenters. The van der Waals surface area contributed by atoms with E-state index in [1.807, 2.05) is 38.1 Å². The first-order valence-corrected chi connectivity index (χ1v) is 11.3. The quantitative estimate of drug-likeness (QED) is 0.242. The molecule has 0 saturated carbocycles. The molecule has 172 valence electrons. The zero-order valence-corrected chi connectivity index (χ0v) is 19.8. The second kappa shape index (κ2) is 11.2. The van der Waals surface area contributed by atoms with Crippen molar-refractivity contribution >= 4 is 17.3 Å². The smallest absolute Gasteiger partial charge is 0.185 e. The fourth-order valence-corrected chi connectivity index (χ4v) is 3.45. The largest absolute Gasteiger partial charge is 0.387 e. The summed E-state index contributed by atoms with van der Waals surface area (Å²) in [5, 5.41) is 3.23. The van der Waals surface area contributed by atoms with Gasteiger partial charge in [-0.2, -0.15) is 0 Å². The molecule has 5 nitrogen and oxygen atoms in total. The molecule has 0 radical (unpaired) electrons. The number of nitrogens with one attached hydrogen (secondary N) is 1. The Kier molecular flexibility index (Phi) is 8.14. The molecule has 0 atom stereocenters. The summed E-state index contributed by atoms with van der Waals surface area (Å²) in [5.74, 6) is 0.0521. The first-order chi connectivity index (χ1) is 15.9. The molecule has 0 spiro atoms. The third kappa shape index (κ3) is 6.62. The van der Waals surface area contributed by atoms with Gasteiger partial charge in [0.1, 0.15) is 11.5 Å². The zero-order valence-electron chi connectivity index (χ0n) is 19.8. The normalized spacial score (nSPS) is 11.8. The van der Waals surface area contributed by atoms with Crippen LogP contribution in [-0.2, 0) is 13.0 Å². The van der Waals surface area contributed by atoms with Gasteiger partial charge in [-0.15, -0.1) is 0 Å². The molecule has 0 fully saturated rings. The minimum Gasteiger partial charge on any atom is -0.387 e. The number of Topliss-reactive ketones (excluding diaryl/α,β-unsaturated/α-hetero) is 1. The average molecular weight is 443 g/mol. The van der Waals surface area contributed by atoms with E-state index in [4.69, 9.17) is 5.73 Å². The van der Waals surface area contributed by atoms with Crippen molar-refractivity contribution in [1.82, 2.24) is 10.3 Å². The van der Waals surface area contributed by atoms with Gasteiger partial charge < -0.3 is 11.1 Å². The Hall–Kier alpha value is -3.73. The molecule has 0 bridgehead atoms. The maximum absolute atomic E-state index is 12.7. The van der Waals surface area contributed by atoms with E-state index in [1.165, 1.54) is 16.7 Å². The molecule has 0 aliphatic carbocycles. The molecule has 0 aliphatic rings. The fourth-order valence-electron chi connectivity index (χ4n) is 3.45. The van der Waals surface area contributed by atoms with Crippen LogP contribution in [0.2, 0.25) is 0 Å². The number of nitrogens with zero attached hydrogens (tertiary/aromatic N) is 2. The van der Waals surface area contributed by atoms with E-state index in [0.717, 1.165) is 17.5 Å². The van der Waals surface area contributed by atoms with E-state index in [0.29, 0.717) is 23.8 Å². The molecule has 0 saturated heterocycles. The van der Waals surface area contributed by atoms with Gasteiger partial charge in [0.25, 0.3) is 0 Å². The number of amidine groups is 1. The van der Waals surface area contributed by atoms with Crippen LogP contribution in [0.25, 0.3) is 11.1 Å². The molecular weight excluding hydrogens is 408 g/mol. The van der Waals surface area contributed by atoms with Gasteiger partial charge in [0.2, 0.25) is 0 Å². The van der Waals surface area contributed by atoms with E-state index in [2.05, 4.69) is 59.5 Å². The van der Waals surface area contributed by atoms with Crippen LogP contribution in [-0.4, -0.2) is 16.6 Å². The van der Waals surface area contributed by atoms with Crippen LogP contribution in [0.5, 0.6) is 0 Å². The highest BCUT2D eigenvalue weighted by atomic mass is 16.1. The predicted molar refractivity (Wildman–Crippen MR) is 139 cm³/mol. The van der Waals surface area contributed by atoms with Crippen LogP contribution >= 0.6 is 0 Å². The maximum atomic E-state index is 12.7. The first-order valence-electron chi connectivity index (χ1n) is 11.3. The van der Waals surface area contributed by atoms with Crippen molar-refractivity contribution in [2.45, 2.75) is 40.7 Å². The number of nitrogens with two attached hydrogens (primary N) is 1. The van der Waals surface area contributed by atoms with Gasteiger partial charge in [-0.1, -0.05) is 74.9 Å². The molecule has 1 heterocycles. The molecule has 5 heteroatoms. The molecule has 0 amide bonds. The Morgan fingerprint density at radius 2 is 1.88 bits per heavy atom. The van der Waals surface area contributed by atoms with Crippen LogP contribution in [0.1, 0.15) is 49.4 Å². The Morgan fingerprint density at radius 3 is 2.61 bits per heavy atom. The second-order valence-corrected chi connectivity index (χ2v) is 8.40. The number of hydrogen-bond acceptors (Lipinski definition) is 4. The van der Waals surface area contributed by atoms with Crippen molar-refractivity contribution in [1.29, 1.82) is 0 Å².